The third kappa shape index (κ3) is 1.92. The normalized spacial score (nSPS) is 10.0. The third-order valence-electron chi connectivity index (χ3n) is 1.67. The summed E-state index contributed by atoms with van der Waals surface area (Å²) in [6, 6.07) is 2.39. The molecule has 0 bridgehead atoms. The molecular formula is C9H9ClO3. The topological polar surface area (TPSA) is 57.5 Å². The summed E-state index contributed by atoms with van der Waals surface area (Å²) in [5.41, 5.74) is 0.0625. The lowest BCUT2D eigenvalue weighted by molar-refractivity contribution is 0.0985. The maximum Gasteiger partial charge on any atom is 0.166 e. The molecule has 1 rings (SSSR count). The van der Waals surface area contributed by atoms with E-state index in [-0.39, 0.29) is 34.3 Å². The molecule has 0 atom stereocenters. The second kappa shape index (κ2) is 3.66. The van der Waals surface area contributed by atoms with E-state index < -0.39 is 0 Å². The first-order valence-electron chi connectivity index (χ1n) is 3.81. The first kappa shape index (κ1) is 9.86. The van der Waals surface area contributed by atoms with Crippen molar-refractivity contribution in [2.75, 3.05) is 0 Å². The number of hydrogen-bond donors (Lipinski definition) is 2. The quantitative estimate of drug-likeness (QED) is 0.569. The molecule has 0 fully saturated rings. The summed E-state index contributed by atoms with van der Waals surface area (Å²) in [7, 11) is 0. The van der Waals surface area contributed by atoms with Gasteiger partial charge >= 0.3 is 0 Å². The van der Waals surface area contributed by atoms with Gasteiger partial charge in [-0.3, -0.25) is 4.79 Å². The van der Waals surface area contributed by atoms with Crippen molar-refractivity contribution in [3.05, 3.63) is 22.7 Å². The van der Waals surface area contributed by atoms with Gasteiger partial charge in [-0.25, -0.2) is 0 Å². The molecule has 70 valence electrons. The van der Waals surface area contributed by atoms with Gasteiger partial charge in [-0.2, -0.15) is 0 Å². The zero-order valence-corrected chi connectivity index (χ0v) is 7.80. The molecule has 0 heterocycles. The summed E-state index contributed by atoms with van der Waals surface area (Å²) in [5, 5.41) is 18.5. The van der Waals surface area contributed by atoms with Crippen LogP contribution in [0.1, 0.15) is 23.7 Å². The second-order valence-corrected chi connectivity index (χ2v) is 3.01. The largest absolute Gasteiger partial charge is 0.508 e. The predicted molar refractivity (Wildman–Crippen MR) is 49.4 cm³/mol. The van der Waals surface area contributed by atoms with Crippen molar-refractivity contribution in [2.45, 2.75) is 13.3 Å². The van der Waals surface area contributed by atoms with Gasteiger partial charge in [-0.15, -0.1) is 0 Å². The fraction of sp³-hybridized carbons (Fsp3) is 0.222. The number of ketones is 1. The summed E-state index contributed by atoms with van der Waals surface area (Å²) < 4.78 is 0. The Morgan fingerprint density at radius 2 is 2.08 bits per heavy atom. The van der Waals surface area contributed by atoms with Gasteiger partial charge < -0.3 is 10.2 Å². The minimum absolute atomic E-state index is 0.0169. The number of Topliss-reactive ketones (excluding diaryl/α,β-unsaturated/α-hetero) is 1. The SMILES string of the molecule is CCC(=O)c1cc(O)cc(Cl)c1O. The molecule has 0 spiro atoms. The average Bonchev–Trinajstić information content (AvgIpc) is 2.10. The van der Waals surface area contributed by atoms with Gasteiger partial charge in [0.05, 0.1) is 10.6 Å². The third-order valence-corrected chi connectivity index (χ3v) is 1.96. The van der Waals surface area contributed by atoms with Crippen molar-refractivity contribution in [3.8, 4) is 11.5 Å². The maximum atomic E-state index is 11.2. The Balaban J connectivity index is 3.28. The van der Waals surface area contributed by atoms with E-state index in [1.165, 1.54) is 12.1 Å². The van der Waals surface area contributed by atoms with Gasteiger partial charge in [0.1, 0.15) is 11.5 Å². The summed E-state index contributed by atoms with van der Waals surface area (Å²) in [5.74, 6) is -0.652. The van der Waals surface area contributed by atoms with Crippen LogP contribution in [-0.2, 0) is 0 Å². The molecule has 0 radical (unpaired) electrons. The zero-order chi connectivity index (χ0) is 10.0. The Labute approximate surface area is 80.6 Å². The van der Waals surface area contributed by atoms with E-state index in [1.807, 2.05) is 0 Å². The van der Waals surface area contributed by atoms with Crippen molar-refractivity contribution in [2.24, 2.45) is 0 Å². The molecule has 0 saturated heterocycles. The maximum absolute atomic E-state index is 11.2. The van der Waals surface area contributed by atoms with Crippen LogP contribution in [0.15, 0.2) is 12.1 Å². The van der Waals surface area contributed by atoms with E-state index in [4.69, 9.17) is 16.7 Å². The first-order valence-corrected chi connectivity index (χ1v) is 4.18. The molecule has 0 aliphatic heterocycles. The number of hydrogen-bond acceptors (Lipinski definition) is 3. The number of carbonyl (C=O) groups is 1. The average molecular weight is 201 g/mol. The van der Waals surface area contributed by atoms with Crippen molar-refractivity contribution >= 4 is 17.4 Å². The molecule has 0 amide bonds. The minimum atomic E-state index is -0.272. The van der Waals surface area contributed by atoms with Crippen molar-refractivity contribution in [1.29, 1.82) is 0 Å². The van der Waals surface area contributed by atoms with Gasteiger partial charge in [-0.05, 0) is 6.07 Å². The Hall–Kier alpha value is -1.22. The van der Waals surface area contributed by atoms with Gasteiger partial charge in [-0.1, -0.05) is 18.5 Å². The molecule has 13 heavy (non-hydrogen) atoms. The van der Waals surface area contributed by atoms with Crippen molar-refractivity contribution in [1.82, 2.24) is 0 Å². The number of benzene rings is 1. The summed E-state index contributed by atoms with van der Waals surface area (Å²) in [4.78, 5) is 11.2. The van der Waals surface area contributed by atoms with Crippen LogP contribution in [0.2, 0.25) is 5.02 Å². The van der Waals surface area contributed by atoms with Crippen LogP contribution in [0.3, 0.4) is 0 Å². The summed E-state index contributed by atoms with van der Waals surface area (Å²) >= 11 is 5.56. The Morgan fingerprint density at radius 3 is 2.62 bits per heavy atom. The van der Waals surface area contributed by atoms with Gasteiger partial charge in [0.2, 0.25) is 0 Å². The molecule has 0 unspecified atom stereocenters. The number of halogens is 1. The lowest BCUT2D eigenvalue weighted by atomic mass is 10.1. The van der Waals surface area contributed by atoms with Crippen LogP contribution in [-0.4, -0.2) is 16.0 Å². The van der Waals surface area contributed by atoms with Crippen LogP contribution >= 0.6 is 11.6 Å². The highest BCUT2D eigenvalue weighted by atomic mass is 35.5. The van der Waals surface area contributed by atoms with Crippen molar-refractivity contribution in [3.63, 3.8) is 0 Å². The molecule has 0 aromatic heterocycles. The molecule has 4 heteroatoms. The smallest absolute Gasteiger partial charge is 0.166 e. The zero-order valence-electron chi connectivity index (χ0n) is 7.04. The standard InChI is InChI=1S/C9H9ClO3/c1-2-8(12)6-3-5(11)4-7(10)9(6)13/h3-4,11,13H,2H2,1H3. The van der Waals surface area contributed by atoms with E-state index in [2.05, 4.69) is 0 Å². The molecule has 0 aliphatic rings. The summed E-state index contributed by atoms with van der Waals surface area (Å²) in [6.07, 6.45) is 0.257. The Kier molecular flexibility index (Phi) is 2.78. The van der Waals surface area contributed by atoms with Crippen molar-refractivity contribution < 1.29 is 15.0 Å². The minimum Gasteiger partial charge on any atom is -0.508 e. The van der Waals surface area contributed by atoms with Crippen LogP contribution in [0, 0.1) is 0 Å². The molecule has 2 N–H and O–H groups in total. The van der Waals surface area contributed by atoms with Gasteiger partial charge in [0.25, 0.3) is 0 Å². The van der Waals surface area contributed by atoms with Crippen LogP contribution in [0.5, 0.6) is 11.5 Å². The molecule has 0 aliphatic carbocycles. The lowest BCUT2D eigenvalue weighted by Gasteiger charge is -2.04. The second-order valence-electron chi connectivity index (χ2n) is 2.60. The fourth-order valence-electron chi connectivity index (χ4n) is 0.988. The Bertz CT molecular complexity index is 347. The molecule has 1 aromatic rings. The Morgan fingerprint density at radius 1 is 1.46 bits per heavy atom. The number of carbonyl (C=O) groups excluding carboxylic acids is 1. The number of aromatic hydroxyl groups is 2. The van der Waals surface area contributed by atoms with E-state index in [0.717, 1.165) is 0 Å². The number of phenols is 2. The lowest BCUT2D eigenvalue weighted by Crippen LogP contribution is -1.96. The van der Waals surface area contributed by atoms with E-state index >= 15 is 0 Å². The predicted octanol–water partition coefficient (Wildman–Crippen LogP) is 2.34. The molecule has 3 nitrogen and oxygen atoms in total. The first-order chi connectivity index (χ1) is 6.06. The number of phenolic OH excluding ortho intramolecular Hbond substituents is 2. The van der Waals surface area contributed by atoms with Gasteiger partial charge in [0, 0.05) is 12.5 Å². The van der Waals surface area contributed by atoms with E-state index in [1.54, 1.807) is 6.92 Å². The van der Waals surface area contributed by atoms with Crippen LogP contribution in [0.4, 0.5) is 0 Å². The number of rotatable bonds is 2. The molecule has 0 saturated carbocycles. The van der Waals surface area contributed by atoms with E-state index in [0.29, 0.717) is 0 Å². The fourth-order valence-corrected chi connectivity index (χ4v) is 1.20. The highest BCUT2D eigenvalue weighted by Crippen LogP contribution is 2.32. The summed E-state index contributed by atoms with van der Waals surface area (Å²) in [6.45, 7) is 1.67. The molecular weight excluding hydrogens is 192 g/mol. The highest BCUT2D eigenvalue weighted by Gasteiger charge is 2.13. The van der Waals surface area contributed by atoms with Gasteiger partial charge in [0.15, 0.2) is 5.78 Å². The van der Waals surface area contributed by atoms with Crippen LogP contribution < -0.4 is 0 Å². The van der Waals surface area contributed by atoms with E-state index in [9.17, 15) is 9.90 Å². The highest BCUT2D eigenvalue weighted by molar-refractivity contribution is 6.32. The molecule has 1 aromatic carbocycles. The monoisotopic (exact) mass is 200 g/mol. The van der Waals surface area contributed by atoms with Crippen LogP contribution in [0.25, 0.3) is 0 Å².